The lowest BCUT2D eigenvalue weighted by Crippen LogP contribution is -2.41. The number of fused-ring (bicyclic) bond motifs is 1. The second-order valence-electron chi connectivity index (χ2n) is 5.06. The zero-order chi connectivity index (χ0) is 12.9. The zero-order valence-corrected chi connectivity index (χ0v) is 11.2. The monoisotopic (exact) mass is 263 g/mol. The van der Waals surface area contributed by atoms with Gasteiger partial charge in [-0.15, -0.1) is 0 Å². The summed E-state index contributed by atoms with van der Waals surface area (Å²) in [6.07, 6.45) is 2.20. The maximum absolute atomic E-state index is 5.70. The molecule has 0 amide bonds. The lowest BCUT2D eigenvalue weighted by molar-refractivity contribution is -0.0307. The van der Waals surface area contributed by atoms with Gasteiger partial charge in [0.25, 0.3) is 0 Å². The molecule has 2 aliphatic heterocycles. The van der Waals surface area contributed by atoms with Crippen LogP contribution in [0.2, 0.25) is 0 Å². The minimum atomic E-state index is 0.210. The van der Waals surface area contributed by atoms with E-state index < -0.39 is 0 Å². The molecule has 2 heterocycles. The molecular formula is C15H21NO3. The van der Waals surface area contributed by atoms with Crippen LogP contribution in [0, 0.1) is 0 Å². The number of morpholine rings is 1. The Labute approximate surface area is 114 Å². The van der Waals surface area contributed by atoms with Gasteiger partial charge in [-0.05, 0) is 23.6 Å². The van der Waals surface area contributed by atoms with Crippen LogP contribution in [-0.4, -0.2) is 45.6 Å². The predicted molar refractivity (Wildman–Crippen MR) is 72.8 cm³/mol. The van der Waals surface area contributed by atoms with Crippen molar-refractivity contribution in [2.75, 3.05) is 39.5 Å². The van der Waals surface area contributed by atoms with Gasteiger partial charge in [-0.2, -0.15) is 0 Å². The maximum atomic E-state index is 5.70. The Hall–Kier alpha value is -1.10. The van der Waals surface area contributed by atoms with E-state index in [9.17, 15) is 0 Å². The molecule has 2 aliphatic rings. The van der Waals surface area contributed by atoms with E-state index in [2.05, 4.69) is 23.5 Å². The molecule has 1 N–H and O–H groups in total. The summed E-state index contributed by atoms with van der Waals surface area (Å²) in [5.74, 6) is 1.05. The van der Waals surface area contributed by atoms with Crippen molar-refractivity contribution in [2.45, 2.75) is 18.9 Å². The number of ether oxygens (including phenoxy) is 3. The number of nitrogens with one attached hydrogen (secondary N) is 1. The van der Waals surface area contributed by atoms with E-state index in [0.717, 1.165) is 51.5 Å². The molecule has 0 aliphatic carbocycles. The lowest BCUT2D eigenvalue weighted by atomic mass is 10.1. The number of rotatable bonds is 5. The van der Waals surface area contributed by atoms with Crippen molar-refractivity contribution in [2.24, 2.45) is 0 Å². The highest BCUT2D eigenvalue weighted by molar-refractivity contribution is 5.39. The molecule has 4 nitrogen and oxygen atoms in total. The number of benzene rings is 1. The highest BCUT2D eigenvalue weighted by Gasteiger charge is 2.14. The SMILES string of the molecule is c1cc2c(cc1CCOCC1CNCCO1)CCO2. The predicted octanol–water partition coefficient (Wildman–Crippen LogP) is 1.17. The first-order valence-electron chi connectivity index (χ1n) is 7.06. The molecule has 0 bridgehead atoms. The van der Waals surface area contributed by atoms with Crippen molar-refractivity contribution in [3.8, 4) is 5.75 Å². The van der Waals surface area contributed by atoms with Crippen LogP contribution < -0.4 is 10.1 Å². The van der Waals surface area contributed by atoms with Gasteiger partial charge < -0.3 is 19.5 Å². The smallest absolute Gasteiger partial charge is 0.122 e. The maximum Gasteiger partial charge on any atom is 0.122 e. The molecule has 1 saturated heterocycles. The Kier molecular flexibility index (Phi) is 4.33. The molecule has 1 unspecified atom stereocenters. The zero-order valence-electron chi connectivity index (χ0n) is 11.2. The van der Waals surface area contributed by atoms with Gasteiger partial charge in [-0.25, -0.2) is 0 Å². The minimum absolute atomic E-state index is 0.210. The van der Waals surface area contributed by atoms with Crippen LogP contribution in [0.4, 0.5) is 0 Å². The molecule has 3 rings (SSSR count). The Morgan fingerprint density at radius 3 is 3.21 bits per heavy atom. The third-order valence-corrected chi connectivity index (χ3v) is 3.60. The van der Waals surface area contributed by atoms with Gasteiger partial charge in [0.2, 0.25) is 0 Å². The fraction of sp³-hybridized carbons (Fsp3) is 0.600. The standard InChI is InChI=1S/C15H21NO3/c1-2-15-13(4-7-19-15)9-12(1)3-6-17-11-14-10-16-5-8-18-14/h1-2,9,14,16H,3-8,10-11H2. The molecule has 0 saturated carbocycles. The third kappa shape index (κ3) is 3.47. The average molecular weight is 263 g/mol. The largest absolute Gasteiger partial charge is 0.493 e. The Morgan fingerprint density at radius 2 is 2.32 bits per heavy atom. The van der Waals surface area contributed by atoms with E-state index >= 15 is 0 Å². The summed E-state index contributed by atoms with van der Waals surface area (Å²) in [4.78, 5) is 0. The number of hydrogen-bond acceptors (Lipinski definition) is 4. The molecule has 1 atom stereocenters. The molecule has 1 fully saturated rings. The van der Waals surface area contributed by atoms with Crippen LogP contribution in [0.15, 0.2) is 18.2 Å². The van der Waals surface area contributed by atoms with E-state index in [1.807, 2.05) is 0 Å². The Morgan fingerprint density at radius 1 is 1.32 bits per heavy atom. The van der Waals surface area contributed by atoms with E-state index in [4.69, 9.17) is 14.2 Å². The fourth-order valence-electron chi connectivity index (χ4n) is 2.53. The van der Waals surface area contributed by atoms with Crippen LogP contribution in [0.25, 0.3) is 0 Å². The van der Waals surface area contributed by atoms with Crippen LogP contribution in [0.1, 0.15) is 11.1 Å². The molecule has 104 valence electrons. The summed E-state index contributed by atoms with van der Waals surface area (Å²) in [6, 6.07) is 6.45. The van der Waals surface area contributed by atoms with Crippen LogP contribution in [0.5, 0.6) is 5.75 Å². The highest BCUT2D eigenvalue weighted by Crippen LogP contribution is 2.25. The Balaban J connectivity index is 1.40. The highest BCUT2D eigenvalue weighted by atomic mass is 16.5. The van der Waals surface area contributed by atoms with Crippen LogP contribution in [-0.2, 0) is 22.3 Å². The molecule has 0 radical (unpaired) electrons. The van der Waals surface area contributed by atoms with Crippen molar-refractivity contribution in [1.29, 1.82) is 0 Å². The van der Waals surface area contributed by atoms with Crippen LogP contribution >= 0.6 is 0 Å². The second kappa shape index (κ2) is 6.37. The van der Waals surface area contributed by atoms with E-state index in [1.54, 1.807) is 0 Å². The first-order valence-corrected chi connectivity index (χ1v) is 7.06. The van der Waals surface area contributed by atoms with Gasteiger partial charge in [-0.1, -0.05) is 12.1 Å². The van der Waals surface area contributed by atoms with Crippen molar-refractivity contribution in [1.82, 2.24) is 5.32 Å². The van der Waals surface area contributed by atoms with Gasteiger partial charge in [-0.3, -0.25) is 0 Å². The molecule has 4 heteroatoms. The summed E-state index contributed by atoms with van der Waals surface area (Å²) >= 11 is 0. The quantitative estimate of drug-likeness (QED) is 0.810. The molecule has 1 aromatic carbocycles. The van der Waals surface area contributed by atoms with Crippen molar-refractivity contribution in [3.63, 3.8) is 0 Å². The molecule has 0 spiro atoms. The minimum Gasteiger partial charge on any atom is -0.493 e. The summed E-state index contributed by atoms with van der Waals surface area (Å²) in [7, 11) is 0. The third-order valence-electron chi connectivity index (χ3n) is 3.60. The molecule has 0 aromatic heterocycles. The molecular weight excluding hydrogens is 242 g/mol. The van der Waals surface area contributed by atoms with E-state index in [0.29, 0.717) is 6.61 Å². The first-order chi connectivity index (χ1) is 9.42. The van der Waals surface area contributed by atoms with Gasteiger partial charge in [0.05, 0.1) is 32.5 Å². The van der Waals surface area contributed by atoms with Gasteiger partial charge in [0, 0.05) is 19.5 Å². The molecule has 1 aromatic rings. The average Bonchev–Trinajstić information content (AvgIpc) is 2.92. The van der Waals surface area contributed by atoms with Crippen molar-refractivity contribution >= 4 is 0 Å². The normalized spacial score (nSPS) is 22.0. The topological polar surface area (TPSA) is 39.7 Å². The van der Waals surface area contributed by atoms with Gasteiger partial charge in [0.1, 0.15) is 5.75 Å². The Bertz CT molecular complexity index is 416. The summed E-state index contributed by atoms with van der Waals surface area (Å²) in [6.45, 7) is 4.89. The van der Waals surface area contributed by atoms with Gasteiger partial charge >= 0.3 is 0 Å². The van der Waals surface area contributed by atoms with Crippen LogP contribution in [0.3, 0.4) is 0 Å². The molecule has 19 heavy (non-hydrogen) atoms. The fourth-order valence-corrected chi connectivity index (χ4v) is 2.53. The van der Waals surface area contributed by atoms with E-state index in [-0.39, 0.29) is 6.10 Å². The lowest BCUT2D eigenvalue weighted by Gasteiger charge is -2.23. The van der Waals surface area contributed by atoms with Crippen molar-refractivity contribution < 1.29 is 14.2 Å². The summed E-state index contributed by atoms with van der Waals surface area (Å²) in [5, 5.41) is 3.30. The van der Waals surface area contributed by atoms with E-state index in [1.165, 1.54) is 11.1 Å². The number of hydrogen-bond donors (Lipinski definition) is 1. The van der Waals surface area contributed by atoms with Gasteiger partial charge in [0.15, 0.2) is 0 Å². The van der Waals surface area contributed by atoms with Crippen molar-refractivity contribution in [3.05, 3.63) is 29.3 Å². The second-order valence-corrected chi connectivity index (χ2v) is 5.06. The summed E-state index contributed by atoms with van der Waals surface area (Å²) in [5.41, 5.74) is 2.66. The first kappa shape index (κ1) is 12.9. The summed E-state index contributed by atoms with van der Waals surface area (Å²) < 4.78 is 16.8.